The van der Waals surface area contributed by atoms with E-state index in [2.05, 4.69) is 17.4 Å². The fourth-order valence-electron chi connectivity index (χ4n) is 4.12. The minimum atomic E-state index is -0.274. The minimum Gasteiger partial charge on any atom is -0.504 e. The highest BCUT2D eigenvalue weighted by atomic mass is 16.5. The fourth-order valence-corrected chi connectivity index (χ4v) is 4.12. The van der Waals surface area contributed by atoms with Crippen molar-refractivity contribution in [3.8, 4) is 17.2 Å². The molecule has 2 aromatic rings. The number of hydrogen-bond donors (Lipinski definition) is 3. The first kappa shape index (κ1) is 17.7. The predicted octanol–water partition coefficient (Wildman–Crippen LogP) is 2.38. The lowest BCUT2D eigenvalue weighted by Gasteiger charge is -2.38. The smallest absolute Gasteiger partial charge is 0.253 e. The third-order valence-electron chi connectivity index (χ3n) is 5.73. The van der Waals surface area contributed by atoms with Crippen molar-refractivity contribution in [3.63, 3.8) is 0 Å². The molecule has 0 radical (unpaired) electrons. The Morgan fingerprint density at radius 2 is 1.93 bits per heavy atom. The Hall–Kier alpha value is -2.73. The normalized spacial score (nSPS) is 17.6. The minimum absolute atomic E-state index is 0.0348. The van der Waals surface area contributed by atoms with Gasteiger partial charge in [0, 0.05) is 36.2 Å². The van der Waals surface area contributed by atoms with Crippen molar-refractivity contribution in [1.82, 2.24) is 10.2 Å². The lowest BCUT2D eigenvalue weighted by Crippen LogP contribution is -2.46. The molecule has 2 aliphatic heterocycles. The molecule has 0 unspecified atom stereocenters. The predicted molar refractivity (Wildman–Crippen MR) is 101 cm³/mol. The number of fused-ring (bicyclic) bond motifs is 2. The first-order valence-electron chi connectivity index (χ1n) is 9.24. The van der Waals surface area contributed by atoms with Crippen molar-refractivity contribution in [2.45, 2.75) is 24.8 Å². The summed E-state index contributed by atoms with van der Waals surface area (Å²) in [7, 11) is 1.94. The van der Waals surface area contributed by atoms with E-state index < -0.39 is 0 Å². The molecular weight excluding hydrogens is 344 g/mol. The van der Waals surface area contributed by atoms with Crippen LogP contribution in [0.4, 0.5) is 0 Å². The van der Waals surface area contributed by atoms with E-state index in [1.807, 2.05) is 18.0 Å². The highest BCUT2D eigenvalue weighted by molar-refractivity contribution is 5.95. The number of piperidine rings is 1. The zero-order valence-corrected chi connectivity index (χ0v) is 15.4. The van der Waals surface area contributed by atoms with Crippen molar-refractivity contribution in [3.05, 3.63) is 53.1 Å². The summed E-state index contributed by atoms with van der Waals surface area (Å²) >= 11 is 0. The number of phenols is 2. The lowest BCUT2D eigenvalue weighted by molar-refractivity contribution is 0.0646. The zero-order chi connectivity index (χ0) is 19.0. The summed E-state index contributed by atoms with van der Waals surface area (Å²) in [5, 5.41) is 22.3. The topological polar surface area (TPSA) is 82.0 Å². The summed E-state index contributed by atoms with van der Waals surface area (Å²) in [6.45, 7) is 2.75. The Labute approximate surface area is 158 Å². The second-order valence-electron chi connectivity index (χ2n) is 7.43. The van der Waals surface area contributed by atoms with Crippen molar-refractivity contribution >= 4 is 5.91 Å². The van der Waals surface area contributed by atoms with E-state index >= 15 is 0 Å². The molecular formula is C21H24N2O4. The first-order chi connectivity index (χ1) is 13.0. The summed E-state index contributed by atoms with van der Waals surface area (Å²) in [5.74, 6) is 0.340. The highest BCUT2D eigenvalue weighted by Crippen LogP contribution is 2.46. The third-order valence-corrected chi connectivity index (χ3v) is 5.73. The number of benzene rings is 2. The SMILES string of the molecule is CNCc1ccc2c(c1)C1(CCN(C(=O)c3ccc(O)c(O)c3)CC1)CO2. The van der Waals surface area contributed by atoms with Crippen LogP contribution >= 0.6 is 0 Å². The molecule has 0 aliphatic carbocycles. The van der Waals surface area contributed by atoms with Gasteiger partial charge in [0.2, 0.25) is 0 Å². The number of phenolic OH excluding ortho intramolecular Hbond substituents is 2. The Morgan fingerprint density at radius 3 is 2.63 bits per heavy atom. The molecule has 2 aromatic carbocycles. The molecule has 1 spiro atoms. The summed E-state index contributed by atoms with van der Waals surface area (Å²) < 4.78 is 5.95. The van der Waals surface area contributed by atoms with Crippen LogP contribution in [-0.4, -0.2) is 47.8 Å². The van der Waals surface area contributed by atoms with Gasteiger partial charge in [-0.2, -0.15) is 0 Å². The summed E-state index contributed by atoms with van der Waals surface area (Å²) in [4.78, 5) is 14.6. The van der Waals surface area contributed by atoms with Gasteiger partial charge in [-0.25, -0.2) is 0 Å². The van der Waals surface area contributed by atoms with Crippen molar-refractivity contribution in [2.75, 3.05) is 26.7 Å². The van der Waals surface area contributed by atoms with Crippen LogP contribution in [0.5, 0.6) is 17.2 Å². The Balaban J connectivity index is 1.50. The highest BCUT2D eigenvalue weighted by Gasteiger charge is 2.44. The van der Waals surface area contributed by atoms with Crippen LogP contribution in [0.3, 0.4) is 0 Å². The van der Waals surface area contributed by atoms with Gasteiger partial charge in [-0.15, -0.1) is 0 Å². The van der Waals surface area contributed by atoms with E-state index in [9.17, 15) is 15.0 Å². The number of carbonyl (C=O) groups excluding carboxylic acids is 1. The first-order valence-corrected chi connectivity index (χ1v) is 9.24. The molecule has 2 aliphatic rings. The van der Waals surface area contributed by atoms with E-state index in [-0.39, 0.29) is 22.8 Å². The van der Waals surface area contributed by atoms with Gasteiger partial charge < -0.3 is 25.2 Å². The van der Waals surface area contributed by atoms with E-state index in [0.29, 0.717) is 25.3 Å². The Kier molecular flexibility index (Phi) is 4.44. The number of carbonyl (C=O) groups is 1. The molecule has 1 amide bonds. The molecule has 1 saturated heterocycles. The van der Waals surface area contributed by atoms with Gasteiger partial charge in [-0.3, -0.25) is 4.79 Å². The maximum absolute atomic E-state index is 12.7. The monoisotopic (exact) mass is 368 g/mol. The van der Waals surface area contributed by atoms with Crippen molar-refractivity contribution in [2.24, 2.45) is 0 Å². The second-order valence-corrected chi connectivity index (χ2v) is 7.43. The average Bonchev–Trinajstić information content (AvgIpc) is 3.02. The van der Waals surface area contributed by atoms with Crippen molar-refractivity contribution in [1.29, 1.82) is 0 Å². The van der Waals surface area contributed by atoms with Crippen molar-refractivity contribution < 1.29 is 19.7 Å². The number of nitrogens with zero attached hydrogens (tertiary/aromatic N) is 1. The van der Waals surface area contributed by atoms with E-state index in [0.717, 1.165) is 25.1 Å². The van der Waals surface area contributed by atoms with Gasteiger partial charge in [-0.05, 0) is 49.7 Å². The van der Waals surface area contributed by atoms with Gasteiger partial charge in [0.05, 0.1) is 6.61 Å². The number of nitrogens with one attached hydrogen (secondary N) is 1. The standard InChI is InChI=1S/C21H24N2O4/c1-22-12-14-2-5-19-16(10-14)21(13-27-19)6-8-23(9-7-21)20(26)15-3-4-17(24)18(25)11-15/h2-5,10-11,22,24-25H,6-9,12-13H2,1H3. The summed E-state index contributed by atoms with van der Waals surface area (Å²) in [6, 6.07) is 10.6. The molecule has 0 saturated carbocycles. The van der Waals surface area contributed by atoms with Crippen LogP contribution < -0.4 is 10.1 Å². The van der Waals surface area contributed by atoms with Crippen LogP contribution in [0.1, 0.15) is 34.3 Å². The summed E-state index contributed by atoms with van der Waals surface area (Å²) in [5.41, 5.74) is 2.84. The Bertz CT molecular complexity index is 872. The maximum Gasteiger partial charge on any atom is 0.253 e. The molecule has 3 N–H and O–H groups in total. The number of amides is 1. The summed E-state index contributed by atoms with van der Waals surface area (Å²) in [6.07, 6.45) is 1.69. The quantitative estimate of drug-likeness (QED) is 0.725. The van der Waals surface area contributed by atoms with Gasteiger partial charge in [0.1, 0.15) is 5.75 Å². The van der Waals surface area contributed by atoms with E-state index in [1.165, 1.54) is 23.3 Å². The molecule has 27 heavy (non-hydrogen) atoms. The van der Waals surface area contributed by atoms with Gasteiger partial charge in [-0.1, -0.05) is 12.1 Å². The number of likely N-dealkylation sites (tertiary alicyclic amines) is 1. The van der Waals surface area contributed by atoms with Gasteiger partial charge in [0.25, 0.3) is 5.91 Å². The number of ether oxygens (including phenoxy) is 1. The second kappa shape index (κ2) is 6.78. The van der Waals surface area contributed by atoms with Gasteiger partial charge >= 0.3 is 0 Å². The molecule has 4 rings (SSSR count). The molecule has 6 nitrogen and oxygen atoms in total. The molecule has 0 atom stereocenters. The molecule has 0 bridgehead atoms. The molecule has 142 valence electrons. The maximum atomic E-state index is 12.7. The number of hydrogen-bond acceptors (Lipinski definition) is 5. The Morgan fingerprint density at radius 1 is 1.15 bits per heavy atom. The van der Waals surface area contributed by atoms with E-state index in [4.69, 9.17) is 4.74 Å². The van der Waals surface area contributed by atoms with Crippen LogP contribution in [0.2, 0.25) is 0 Å². The number of aromatic hydroxyl groups is 2. The third kappa shape index (κ3) is 3.10. The van der Waals surface area contributed by atoms with Crippen LogP contribution in [0.25, 0.3) is 0 Å². The van der Waals surface area contributed by atoms with Gasteiger partial charge in [0.15, 0.2) is 11.5 Å². The molecule has 2 heterocycles. The molecule has 0 aromatic heterocycles. The molecule has 6 heteroatoms. The van der Waals surface area contributed by atoms with E-state index in [1.54, 1.807) is 6.07 Å². The van der Waals surface area contributed by atoms with Crippen LogP contribution in [0, 0.1) is 0 Å². The zero-order valence-electron chi connectivity index (χ0n) is 15.4. The lowest BCUT2D eigenvalue weighted by atomic mass is 9.74. The average molecular weight is 368 g/mol. The largest absolute Gasteiger partial charge is 0.504 e. The van der Waals surface area contributed by atoms with Crippen LogP contribution in [-0.2, 0) is 12.0 Å². The van der Waals surface area contributed by atoms with Crippen LogP contribution in [0.15, 0.2) is 36.4 Å². The fraction of sp³-hybridized carbons (Fsp3) is 0.381. The molecule has 1 fully saturated rings. The number of rotatable bonds is 3.